The SMILES string of the molecule is OCc1nnc(-c2cc(Cl)ccc2Br)n1C1CC1. The summed E-state index contributed by atoms with van der Waals surface area (Å²) in [5, 5.41) is 18.2. The maximum Gasteiger partial charge on any atom is 0.165 e. The molecule has 0 atom stereocenters. The molecule has 6 heteroatoms. The Balaban J connectivity index is 2.16. The summed E-state index contributed by atoms with van der Waals surface area (Å²) in [4.78, 5) is 0. The van der Waals surface area contributed by atoms with Crippen LogP contribution in [0.3, 0.4) is 0 Å². The van der Waals surface area contributed by atoms with Crippen LogP contribution in [-0.4, -0.2) is 19.9 Å². The molecule has 0 radical (unpaired) electrons. The Kier molecular flexibility index (Phi) is 3.13. The van der Waals surface area contributed by atoms with Crippen LogP contribution >= 0.6 is 27.5 Å². The molecule has 1 fully saturated rings. The van der Waals surface area contributed by atoms with E-state index in [-0.39, 0.29) is 6.61 Å². The summed E-state index contributed by atoms with van der Waals surface area (Å²) in [5.41, 5.74) is 0.904. The molecule has 0 aliphatic heterocycles. The van der Waals surface area contributed by atoms with Crippen molar-refractivity contribution in [3.8, 4) is 11.4 Å². The van der Waals surface area contributed by atoms with Crippen LogP contribution in [0.5, 0.6) is 0 Å². The lowest BCUT2D eigenvalue weighted by Gasteiger charge is -2.09. The molecule has 0 saturated heterocycles. The van der Waals surface area contributed by atoms with E-state index in [9.17, 15) is 5.11 Å². The number of aromatic nitrogens is 3. The summed E-state index contributed by atoms with van der Waals surface area (Å²) in [7, 11) is 0. The molecule has 0 unspecified atom stereocenters. The average Bonchev–Trinajstić information content (AvgIpc) is 3.12. The van der Waals surface area contributed by atoms with Gasteiger partial charge in [-0.15, -0.1) is 10.2 Å². The van der Waals surface area contributed by atoms with Gasteiger partial charge in [-0.25, -0.2) is 0 Å². The number of benzene rings is 1. The predicted octanol–water partition coefficient (Wildman–Crippen LogP) is 3.19. The Hall–Kier alpha value is -0.910. The lowest BCUT2D eigenvalue weighted by atomic mass is 10.2. The molecule has 94 valence electrons. The first-order valence-corrected chi connectivity index (χ1v) is 6.88. The van der Waals surface area contributed by atoms with Crippen LogP contribution in [0.25, 0.3) is 11.4 Å². The molecule has 18 heavy (non-hydrogen) atoms. The standard InChI is InChI=1S/C12H11BrClN3O/c13-10-4-1-7(14)5-9(10)12-16-15-11(6-18)17(12)8-2-3-8/h1,4-5,8,18H,2-3,6H2. The van der Waals surface area contributed by atoms with Gasteiger partial charge in [0.25, 0.3) is 0 Å². The lowest BCUT2D eigenvalue weighted by molar-refractivity contribution is 0.265. The van der Waals surface area contributed by atoms with E-state index in [0.717, 1.165) is 28.7 Å². The van der Waals surface area contributed by atoms with Crippen molar-refractivity contribution in [1.82, 2.24) is 14.8 Å². The van der Waals surface area contributed by atoms with Gasteiger partial charge < -0.3 is 9.67 Å². The van der Waals surface area contributed by atoms with Gasteiger partial charge in [0.2, 0.25) is 0 Å². The number of aliphatic hydroxyl groups excluding tert-OH is 1. The molecule has 1 N–H and O–H groups in total. The summed E-state index contributed by atoms with van der Waals surface area (Å²) in [6.45, 7) is -0.0956. The molecule has 3 rings (SSSR count). The van der Waals surface area contributed by atoms with Crippen LogP contribution in [-0.2, 0) is 6.61 Å². The van der Waals surface area contributed by atoms with Crippen LogP contribution in [0.4, 0.5) is 0 Å². The molecule has 0 spiro atoms. The van der Waals surface area contributed by atoms with Gasteiger partial charge in [0.15, 0.2) is 11.6 Å². The second-order valence-electron chi connectivity index (χ2n) is 4.32. The molecule has 1 aromatic carbocycles. The monoisotopic (exact) mass is 327 g/mol. The van der Waals surface area contributed by atoms with Crippen molar-refractivity contribution in [3.05, 3.63) is 33.5 Å². The van der Waals surface area contributed by atoms with Gasteiger partial charge in [-0.2, -0.15) is 0 Å². The largest absolute Gasteiger partial charge is 0.388 e. The zero-order valence-electron chi connectivity index (χ0n) is 9.48. The molecule has 1 aliphatic carbocycles. The van der Waals surface area contributed by atoms with E-state index in [1.54, 1.807) is 0 Å². The fourth-order valence-electron chi connectivity index (χ4n) is 2.00. The molecule has 2 aromatic rings. The maximum atomic E-state index is 9.32. The van der Waals surface area contributed by atoms with Gasteiger partial charge in [0.1, 0.15) is 6.61 Å². The van der Waals surface area contributed by atoms with Crippen LogP contribution in [0.1, 0.15) is 24.7 Å². The van der Waals surface area contributed by atoms with E-state index < -0.39 is 0 Å². The van der Waals surface area contributed by atoms with E-state index in [0.29, 0.717) is 16.9 Å². The van der Waals surface area contributed by atoms with Crippen LogP contribution in [0, 0.1) is 0 Å². The minimum Gasteiger partial charge on any atom is -0.388 e. The van der Waals surface area contributed by atoms with Gasteiger partial charge in [-0.1, -0.05) is 27.5 Å². The first-order valence-electron chi connectivity index (χ1n) is 5.70. The second kappa shape index (κ2) is 4.64. The third-order valence-electron chi connectivity index (χ3n) is 2.99. The van der Waals surface area contributed by atoms with Crippen molar-refractivity contribution >= 4 is 27.5 Å². The molecule has 1 saturated carbocycles. The first kappa shape index (κ1) is 12.1. The van der Waals surface area contributed by atoms with Crippen molar-refractivity contribution in [2.75, 3.05) is 0 Å². The smallest absolute Gasteiger partial charge is 0.165 e. The quantitative estimate of drug-likeness (QED) is 0.941. The number of hydrogen-bond donors (Lipinski definition) is 1. The third kappa shape index (κ3) is 2.06. The highest BCUT2D eigenvalue weighted by Crippen LogP contribution is 2.40. The van der Waals surface area contributed by atoms with Gasteiger partial charge >= 0.3 is 0 Å². The number of aliphatic hydroxyl groups is 1. The predicted molar refractivity (Wildman–Crippen MR) is 72.4 cm³/mol. The number of rotatable bonds is 3. The minimum absolute atomic E-state index is 0.0956. The Bertz CT molecular complexity index is 595. The topological polar surface area (TPSA) is 50.9 Å². The summed E-state index contributed by atoms with van der Waals surface area (Å²) in [5.74, 6) is 1.37. The van der Waals surface area contributed by atoms with Crippen molar-refractivity contribution in [2.24, 2.45) is 0 Å². The van der Waals surface area contributed by atoms with Crippen LogP contribution < -0.4 is 0 Å². The van der Waals surface area contributed by atoms with E-state index in [4.69, 9.17) is 11.6 Å². The Morgan fingerprint density at radius 3 is 2.83 bits per heavy atom. The van der Waals surface area contributed by atoms with Crippen LogP contribution in [0.2, 0.25) is 5.02 Å². The zero-order valence-corrected chi connectivity index (χ0v) is 11.8. The zero-order chi connectivity index (χ0) is 12.7. The van der Waals surface area contributed by atoms with Crippen LogP contribution in [0.15, 0.2) is 22.7 Å². The number of nitrogens with zero attached hydrogens (tertiary/aromatic N) is 3. The molecule has 1 aliphatic rings. The summed E-state index contributed by atoms with van der Waals surface area (Å²) in [6.07, 6.45) is 2.21. The Morgan fingerprint density at radius 1 is 1.39 bits per heavy atom. The van der Waals surface area contributed by atoms with Crippen molar-refractivity contribution < 1.29 is 5.11 Å². The summed E-state index contributed by atoms with van der Waals surface area (Å²) >= 11 is 9.53. The lowest BCUT2D eigenvalue weighted by Crippen LogP contribution is -2.03. The van der Waals surface area contributed by atoms with E-state index in [1.165, 1.54) is 0 Å². The molecular weight excluding hydrogens is 318 g/mol. The van der Waals surface area contributed by atoms with Gasteiger partial charge in [0.05, 0.1) is 0 Å². The molecular formula is C12H11BrClN3O. The molecule has 1 aromatic heterocycles. The normalized spacial score (nSPS) is 15.1. The highest BCUT2D eigenvalue weighted by atomic mass is 79.9. The van der Waals surface area contributed by atoms with Crippen molar-refractivity contribution in [1.29, 1.82) is 0 Å². The van der Waals surface area contributed by atoms with Gasteiger partial charge in [-0.05, 0) is 31.0 Å². The van der Waals surface area contributed by atoms with E-state index in [1.807, 2.05) is 22.8 Å². The fraction of sp³-hybridized carbons (Fsp3) is 0.333. The molecule has 0 amide bonds. The molecule has 4 nitrogen and oxygen atoms in total. The average molecular weight is 329 g/mol. The summed E-state index contributed by atoms with van der Waals surface area (Å²) < 4.78 is 2.93. The fourth-order valence-corrected chi connectivity index (χ4v) is 2.60. The summed E-state index contributed by atoms with van der Waals surface area (Å²) in [6, 6.07) is 5.97. The first-order chi connectivity index (χ1) is 8.70. The number of hydrogen-bond acceptors (Lipinski definition) is 3. The second-order valence-corrected chi connectivity index (χ2v) is 5.61. The molecule has 0 bridgehead atoms. The Labute approximate surface area is 118 Å². The molecule has 1 heterocycles. The van der Waals surface area contributed by atoms with E-state index >= 15 is 0 Å². The van der Waals surface area contributed by atoms with Gasteiger partial charge in [0, 0.05) is 21.1 Å². The third-order valence-corrected chi connectivity index (χ3v) is 3.92. The highest BCUT2D eigenvalue weighted by molar-refractivity contribution is 9.10. The van der Waals surface area contributed by atoms with Crippen molar-refractivity contribution in [2.45, 2.75) is 25.5 Å². The Morgan fingerprint density at radius 2 is 2.17 bits per heavy atom. The minimum atomic E-state index is -0.0956. The number of halogens is 2. The van der Waals surface area contributed by atoms with E-state index in [2.05, 4.69) is 26.1 Å². The van der Waals surface area contributed by atoms with Crippen molar-refractivity contribution in [3.63, 3.8) is 0 Å². The van der Waals surface area contributed by atoms with Gasteiger partial charge in [-0.3, -0.25) is 0 Å². The maximum absolute atomic E-state index is 9.32. The highest BCUT2D eigenvalue weighted by Gasteiger charge is 2.30.